The van der Waals surface area contributed by atoms with Crippen LogP contribution in [0.5, 0.6) is 0 Å². The van der Waals surface area contributed by atoms with Crippen molar-refractivity contribution in [2.45, 2.75) is 19.3 Å². The molecule has 0 aliphatic heterocycles. The summed E-state index contributed by atoms with van der Waals surface area (Å²) in [4.78, 5) is 2.42. The summed E-state index contributed by atoms with van der Waals surface area (Å²) in [5.74, 6) is 0. The molecule has 10 aromatic rings. The molecule has 0 saturated carbocycles. The Morgan fingerprint density at radius 2 is 1.09 bits per heavy atom. The van der Waals surface area contributed by atoms with E-state index in [4.69, 9.17) is 4.42 Å². The predicted octanol–water partition coefficient (Wildman–Crippen LogP) is 15.1. The van der Waals surface area contributed by atoms with Crippen molar-refractivity contribution in [3.05, 3.63) is 187 Å². The summed E-state index contributed by atoms with van der Waals surface area (Å²) in [6.07, 6.45) is 0. The van der Waals surface area contributed by atoms with Gasteiger partial charge in [0.05, 0.1) is 0 Å². The van der Waals surface area contributed by atoms with Gasteiger partial charge in [-0.1, -0.05) is 135 Å². The molecule has 2 aromatic heterocycles. The Labute approximate surface area is 318 Å². The molecule has 0 N–H and O–H groups in total. The van der Waals surface area contributed by atoms with E-state index in [2.05, 4.69) is 189 Å². The third kappa shape index (κ3) is 4.72. The highest BCUT2D eigenvalue weighted by molar-refractivity contribution is 7.25. The van der Waals surface area contributed by atoms with Crippen molar-refractivity contribution in [1.29, 1.82) is 0 Å². The van der Waals surface area contributed by atoms with Gasteiger partial charge in [0.25, 0.3) is 0 Å². The fraction of sp³-hybridized carbons (Fsp3) is 0.0588. The molecule has 0 spiro atoms. The number of benzene rings is 8. The zero-order valence-electron chi connectivity index (χ0n) is 30.0. The van der Waals surface area contributed by atoms with Crippen LogP contribution >= 0.6 is 11.3 Å². The molecule has 1 aliphatic rings. The quantitative estimate of drug-likeness (QED) is 0.177. The molecule has 2 heterocycles. The Kier molecular flexibility index (Phi) is 6.80. The van der Waals surface area contributed by atoms with Crippen molar-refractivity contribution >= 4 is 70.5 Å². The number of anilines is 3. The molecule has 0 fully saturated rings. The summed E-state index contributed by atoms with van der Waals surface area (Å²) in [5.41, 5.74) is 15.3. The molecule has 0 unspecified atom stereocenters. The molecule has 3 heteroatoms. The van der Waals surface area contributed by atoms with Crippen molar-refractivity contribution in [3.63, 3.8) is 0 Å². The lowest BCUT2D eigenvalue weighted by molar-refractivity contribution is 0.660. The van der Waals surface area contributed by atoms with Gasteiger partial charge >= 0.3 is 0 Å². The average molecular weight is 710 g/mol. The molecule has 0 bridgehead atoms. The summed E-state index contributed by atoms with van der Waals surface area (Å²) in [6, 6.07) is 64.1. The maximum absolute atomic E-state index is 6.43. The Balaban J connectivity index is 1.05. The van der Waals surface area contributed by atoms with Crippen LogP contribution in [0.4, 0.5) is 17.1 Å². The SMILES string of the molecule is CC1(C)c2ccccc2-c2ccc(N(c3ccc(-c4ccccc4)cc3)c3ccc4c(c3)sc3ccc(-c5cccc6c5oc5ccccc56)cc34)cc21. The third-order valence-corrected chi connectivity index (χ3v) is 12.6. The van der Waals surface area contributed by atoms with Crippen LogP contribution < -0.4 is 4.90 Å². The predicted molar refractivity (Wildman–Crippen MR) is 230 cm³/mol. The van der Waals surface area contributed by atoms with Gasteiger partial charge in [0, 0.05) is 59.0 Å². The molecule has 256 valence electrons. The summed E-state index contributed by atoms with van der Waals surface area (Å²) >= 11 is 1.86. The maximum Gasteiger partial charge on any atom is 0.143 e. The van der Waals surface area contributed by atoms with Crippen LogP contribution in [-0.2, 0) is 5.41 Å². The normalized spacial score (nSPS) is 13.1. The maximum atomic E-state index is 6.43. The topological polar surface area (TPSA) is 16.4 Å². The van der Waals surface area contributed by atoms with E-state index >= 15 is 0 Å². The van der Waals surface area contributed by atoms with E-state index in [1.54, 1.807) is 0 Å². The third-order valence-electron chi connectivity index (χ3n) is 11.5. The molecule has 0 atom stereocenters. The van der Waals surface area contributed by atoms with E-state index in [9.17, 15) is 0 Å². The number of thiophene rings is 1. The number of furan rings is 1. The van der Waals surface area contributed by atoms with Crippen LogP contribution in [0.2, 0.25) is 0 Å². The van der Waals surface area contributed by atoms with Gasteiger partial charge in [-0.3, -0.25) is 0 Å². The van der Waals surface area contributed by atoms with Crippen LogP contribution in [-0.4, -0.2) is 0 Å². The standard InChI is InChI=1S/C51H35NOS/c1-51(2)45-17-8-6-13-39(45)40-26-24-36(30-46(40)51)52(35-22-19-33(20-23-35)32-11-4-3-5-12-32)37-25-27-42-44-29-34(21-28-48(44)54-49(42)31-37)38-15-10-16-43-41-14-7-9-18-47(41)53-50(38)43/h3-31H,1-2H3. The van der Waals surface area contributed by atoms with Crippen LogP contribution in [0, 0.1) is 0 Å². The minimum absolute atomic E-state index is 0.0926. The van der Waals surface area contributed by atoms with Gasteiger partial charge < -0.3 is 9.32 Å². The summed E-state index contributed by atoms with van der Waals surface area (Å²) in [5, 5.41) is 4.84. The van der Waals surface area contributed by atoms with E-state index in [1.807, 2.05) is 17.4 Å². The van der Waals surface area contributed by atoms with Gasteiger partial charge in [0.2, 0.25) is 0 Å². The number of nitrogens with zero attached hydrogens (tertiary/aromatic N) is 1. The van der Waals surface area contributed by atoms with Crippen molar-refractivity contribution in [2.24, 2.45) is 0 Å². The van der Waals surface area contributed by atoms with Crippen LogP contribution in [0.15, 0.2) is 180 Å². The monoisotopic (exact) mass is 709 g/mol. The highest BCUT2D eigenvalue weighted by Crippen LogP contribution is 2.51. The minimum atomic E-state index is -0.0926. The van der Waals surface area contributed by atoms with E-state index in [0.29, 0.717) is 0 Å². The number of hydrogen-bond donors (Lipinski definition) is 0. The lowest BCUT2D eigenvalue weighted by Gasteiger charge is -2.28. The Morgan fingerprint density at radius 1 is 0.426 bits per heavy atom. The molecule has 1 aliphatic carbocycles. The molecular formula is C51H35NOS. The smallest absolute Gasteiger partial charge is 0.143 e. The highest BCUT2D eigenvalue weighted by atomic mass is 32.1. The van der Waals surface area contributed by atoms with Crippen LogP contribution in [0.25, 0.3) is 75.5 Å². The van der Waals surface area contributed by atoms with Gasteiger partial charge in [0.15, 0.2) is 0 Å². The Morgan fingerprint density at radius 3 is 1.98 bits per heavy atom. The molecule has 11 rings (SSSR count). The zero-order valence-corrected chi connectivity index (χ0v) is 30.8. The number of hydrogen-bond acceptors (Lipinski definition) is 3. The van der Waals surface area contributed by atoms with Crippen LogP contribution in [0.3, 0.4) is 0 Å². The molecule has 0 saturated heterocycles. The number of fused-ring (bicyclic) bond motifs is 9. The first-order valence-corrected chi connectivity index (χ1v) is 19.4. The van der Waals surface area contributed by atoms with Gasteiger partial charge in [0.1, 0.15) is 11.2 Å². The molecule has 0 radical (unpaired) electrons. The Bertz CT molecular complexity index is 3080. The lowest BCUT2D eigenvalue weighted by Crippen LogP contribution is -2.16. The van der Waals surface area contributed by atoms with Crippen LogP contribution in [0.1, 0.15) is 25.0 Å². The van der Waals surface area contributed by atoms with Crippen molar-refractivity contribution in [3.8, 4) is 33.4 Å². The first-order valence-electron chi connectivity index (χ1n) is 18.6. The first-order chi connectivity index (χ1) is 26.5. The van der Waals surface area contributed by atoms with Gasteiger partial charge in [-0.05, 0) is 93.5 Å². The Hall–Kier alpha value is -6.42. The first kappa shape index (κ1) is 31.1. The zero-order chi connectivity index (χ0) is 36.0. The summed E-state index contributed by atoms with van der Waals surface area (Å²) < 4.78 is 8.98. The summed E-state index contributed by atoms with van der Waals surface area (Å²) in [6.45, 7) is 4.71. The van der Waals surface area contributed by atoms with E-state index < -0.39 is 0 Å². The number of para-hydroxylation sites is 2. The minimum Gasteiger partial charge on any atom is -0.455 e. The summed E-state index contributed by atoms with van der Waals surface area (Å²) in [7, 11) is 0. The fourth-order valence-corrected chi connectivity index (χ4v) is 9.88. The molecule has 54 heavy (non-hydrogen) atoms. The van der Waals surface area contributed by atoms with Gasteiger partial charge in [-0.25, -0.2) is 0 Å². The van der Waals surface area contributed by atoms with Crippen molar-refractivity contribution < 1.29 is 4.42 Å². The fourth-order valence-electron chi connectivity index (χ4n) is 8.76. The second kappa shape index (κ2) is 11.8. The number of rotatable bonds is 5. The highest BCUT2D eigenvalue weighted by Gasteiger charge is 2.35. The molecule has 0 amide bonds. The molecule has 2 nitrogen and oxygen atoms in total. The van der Waals surface area contributed by atoms with Crippen molar-refractivity contribution in [1.82, 2.24) is 0 Å². The molecule has 8 aromatic carbocycles. The molecular weight excluding hydrogens is 675 g/mol. The second-order valence-corrected chi connectivity index (χ2v) is 16.0. The average Bonchev–Trinajstić information content (AvgIpc) is 3.86. The van der Waals surface area contributed by atoms with E-state index in [1.165, 1.54) is 53.6 Å². The van der Waals surface area contributed by atoms with Gasteiger partial charge in [-0.2, -0.15) is 0 Å². The van der Waals surface area contributed by atoms with E-state index in [-0.39, 0.29) is 5.41 Å². The lowest BCUT2D eigenvalue weighted by atomic mass is 9.82. The van der Waals surface area contributed by atoms with Crippen molar-refractivity contribution in [2.75, 3.05) is 4.90 Å². The largest absolute Gasteiger partial charge is 0.455 e. The van der Waals surface area contributed by atoms with E-state index in [0.717, 1.165) is 50.1 Å². The second-order valence-electron chi connectivity index (χ2n) is 14.9. The van der Waals surface area contributed by atoms with Gasteiger partial charge in [-0.15, -0.1) is 11.3 Å².